The van der Waals surface area contributed by atoms with Crippen molar-refractivity contribution >= 4 is 28.3 Å². The summed E-state index contributed by atoms with van der Waals surface area (Å²) in [6.07, 6.45) is 5.21. The van der Waals surface area contributed by atoms with Crippen LogP contribution in [0.2, 0.25) is 0 Å². The number of benzene rings is 1. The van der Waals surface area contributed by atoms with Crippen LogP contribution in [0.3, 0.4) is 0 Å². The summed E-state index contributed by atoms with van der Waals surface area (Å²) in [5, 5.41) is 0.714. The van der Waals surface area contributed by atoms with Crippen LogP contribution in [-0.2, 0) is 33.7 Å². The van der Waals surface area contributed by atoms with Crippen LogP contribution in [0.5, 0.6) is 0 Å². The molecule has 1 aromatic carbocycles. The fourth-order valence-corrected chi connectivity index (χ4v) is 4.62. The minimum Gasteiger partial charge on any atom is -0.455 e. The molecule has 1 saturated carbocycles. The third-order valence-corrected chi connectivity index (χ3v) is 6.48. The number of aromatic nitrogens is 1. The van der Waals surface area contributed by atoms with Crippen LogP contribution in [-0.4, -0.2) is 23.5 Å². The van der Waals surface area contributed by atoms with E-state index in [1.54, 1.807) is 16.2 Å². The molecule has 0 saturated heterocycles. The number of hydrogen-bond donors (Lipinski definition) is 0. The van der Waals surface area contributed by atoms with Gasteiger partial charge in [-0.1, -0.05) is 37.3 Å². The molecule has 2 aliphatic rings. The van der Waals surface area contributed by atoms with Gasteiger partial charge < -0.3 is 4.74 Å². The molecule has 0 spiro atoms. The van der Waals surface area contributed by atoms with E-state index in [2.05, 4.69) is 0 Å². The first kappa shape index (κ1) is 18.2. The molecule has 1 heterocycles. The van der Waals surface area contributed by atoms with Gasteiger partial charge in [-0.3, -0.25) is 14.5 Å². The minimum absolute atomic E-state index is 0.0347. The van der Waals surface area contributed by atoms with E-state index in [4.69, 9.17) is 9.72 Å². The van der Waals surface area contributed by atoms with Crippen molar-refractivity contribution in [2.75, 3.05) is 11.5 Å². The van der Waals surface area contributed by atoms with E-state index in [0.717, 1.165) is 36.9 Å². The molecular weight excluding hydrogens is 360 g/mol. The number of carbonyl (C=O) groups is 2. The fourth-order valence-electron chi connectivity index (χ4n) is 3.45. The van der Waals surface area contributed by atoms with E-state index in [1.165, 1.54) is 11.3 Å². The second kappa shape index (κ2) is 7.80. The zero-order valence-electron chi connectivity index (χ0n) is 15.5. The van der Waals surface area contributed by atoms with Crippen LogP contribution in [0.25, 0.3) is 0 Å². The lowest BCUT2D eigenvalue weighted by Crippen LogP contribution is -2.34. The van der Waals surface area contributed by atoms with E-state index in [0.29, 0.717) is 17.6 Å². The molecule has 27 heavy (non-hydrogen) atoms. The van der Waals surface area contributed by atoms with Gasteiger partial charge in [-0.25, -0.2) is 4.98 Å². The molecule has 6 heteroatoms. The Balaban J connectivity index is 1.51. The van der Waals surface area contributed by atoms with Gasteiger partial charge in [0.25, 0.3) is 5.91 Å². The number of hydrogen-bond acceptors (Lipinski definition) is 5. The van der Waals surface area contributed by atoms with Gasteiger partial charge in [-0.15, -0.1) is 11.3 Å². The molecule has 5 nitrogen and oxygen atoms in total. The maximum Gasteiger partial charge on any atom is 0.309 e. The molecule has 0 radical (unpaired) electrons. The third kappa shape index (κ3) is 4.21. The molecule has 2 atom stereocenters. The summed E-state index contributed by atoms with van der Waals surface area (Å²) in [6.45, 7) is 2.23. The topological polar surface area (TPSA) is 59.5 Å². The number of esters is 1. The summed E-state index contributed by atoms with van der Waals surface area (Å²) in [6, 6.07) is 9.85. The quantitative estimate of drug-likeness (QED) is 0.712. The van der Waals surface area contributed by atoms with Crippen molar-refractivity contribution in [1.82, 2.24) is 4.98 Å². The van der Waals surface area contributed by atoms with Gasteiger partial charge in [0.05, 0.1) is 18.2 Å². The molecule has 1 amide bonds. The van der Waals surface area contributed by atoms with E-state index in [1.807, 2.05) is 37.3 Å². The Morgan fingerprint density at radius 3 is 2.67 bits per heavy atom. The number of amides is 1. The first-order valence-electron chi connectivity index (χ1n) is 9.61. The van der Waals surface area contributed by atoms with Crippen molar-refractivity contribution in [2.24, 2.45) is 11.8 Å². The third-order valence-electron chi connectivity index (χ3n) is 5.30. The van der Waals surface area contributed by atoms with Gasteiger partial charge >= 0.3 is 5.97 Å². The number of nitrogens with zero attached hydrogens (tertiary/aromatic N) is 2. The highest BCUT2D eigenvalue weighted by Gasteiger charge is 2.41. The van der Waals surface area contributed by atoms with Crippen LogP contribution in [0, 0.1) is 11.8 Å². The Morgan fingerprint density at radius 1 is 1.22 bits per heavy atom. The number of ether oxygens (including phenoxy) is 1. The predicted octanol–water partition coefficient (Wildman–Crippen LogP) is 3.75. The van der Waals surface area contributed by atoms with E-state index >= 15 is 0 Å². The lowest BCUT2D eigenvalue weighted by Gasteiger charge is -2.20. The Kier molecular flexibility index (Phi) is 5.25. The van der Waals surface area contributed by atoms with Crippen LogP contribution in [0.1, 0.15) is 42.3 Å². The first-order valence-corrected chi connectivity index (χ1v) is 10.4. The summed E-state index contributed by atoms with van der Waals surface area (Å²) in [5.74, 6) is -0.133. The van der Waals surface area contributed by atoms with Crippen LogP contribution < -0.4 is 4.90 Å². The van der Waals surface area contributed by atoms with Crippen molar-refractivity contribution in [1.29, 1.82) is 0 Å². The number of aryl methyl sites for hydroxylation is 2. The average molecular weight is 385 g/mol. The highest BCUT2D eigenvalue weighted by molar-refractivity contribution is 7.15. The van der Waals surface area contributed by atoms with Crippen LogP contribution in [0.15, 0.2) is 30.3 Å². The molecule has 1 aromatic heterocycles. The zero-order chi connectivity index (χ0) is 18.8. The maximum atomic E-state index is 12.9. The minimum atomic E-state index is -0.256. The summed E-state index contributed by atoms with van der Waals surface area (Å²) in [5.41, 5.74) is 2.15. The van der Waals surface area contributed by atoms with Gasteiger partial charge in [0.15, 0.2) is 11.7 Å². The van der Waals surface area contributed by atoms with Crippen LogP contribution in [0.4, 0.5) is 5.13 Å². The highest BCUT2D eigenvalue weighted by atomic mass is 32.1. The molecule has 0 aliphatic heterocycles. The predicted molar refractivity (Wildman–Crippen MR) is 105 cm³/mol. The maximum absolute atomic E-state index is 12.9. The Morgan fingerprint density at radius 2 is 1.96 bits per heavy atom. The average Bonchev–Trinajstić information content (AvgIpc) is 3.27. The Labute approximate surface area is 163 Å². The summed E-state index contributed by atoms with van der Waals surface area (Å²) < 4.78 is 5.29. The molecule has 0 N–H and O–H groups in total. The van der Waals surface area contributed by atoms with E-state index in [9.17, 15) is 9.59 Å². The smallest absolute Gasteiger partial charge is 0.309 e. The number of thiazole rings is 1. The van der Waals surface area contributed by atoms with Crippen molar-refractivity contribution in [3.05, 3.63) is 46.5 Å². The SMILES string of the molecule is C[C@H]1C[C@@H]1C(=O)OCC(=O)N(Cc1ccccc1)c1nc2c(s1)CCCC2. The van der Waals surface area contributed by atoms with Gasteiger partial charge in [0.1, 0.15) is 0 Å². The summed E-state index contributed by atoms with van der Waals surface area (Å²) in [7, 11) is 0. The lowest BCUT2D eigenvalue weighted by molar-refractivity contribution is -0.149. The monoisotopic (exact) mass is 384 g/mol. The van der Waals surface area contributed by atoms with Gasteiger partial charge in [-0.05, 0) is 43.6 Å². The standard InChI is InChI=1S/C21H24N2O3S/c1-14-11-16(14)20(25)26-13-19(24)23(12-15-7-3-2-4-8-15)21-22-17-9-5-6-10-18(17)27-21/h2-4,7-8,14,16H,5-6,9-13H2,1H3/t14-,16-/m0/s1. The molecule has 0 bridgehead atoms. The van der Waals surface area contributed by atoms with Crippen molar-refractivity contribution in [3.63, 3.8) is 0 Å². The van der Waals surface area contributed by atoms with Crippen LogP contribution >= 0.6 is 11.3 Å². The second-order valence-electron chi connectivity index (χ2n) is 7.47. The lowest BCUT2D eigenvalue weighted by atomic mass is 10.0. The Hall–Kier alpha value is -2.21. The number of carbonyl (C=O) groups excluding carboxylic acids is 2. The van der Waals surface area contributed by atoms with E-state index < -0.39 is 0 Å². The van der Waals surface area contributed by atoms with Gasteiger partial charge in [0.2, 0.25) is 0 Å². The number of fused-ring (bicyclic) bond motifs is 1. The molecule has 1 fully saturated rings. The molecule has 2 aromatic rings. The fraction of sp³-hybridized carbons (Fsp3) is 0.476. The molecule has 4 rings (SSSR count). The van der Waals surface area contributed by atoms with Crippen molar-refractivity contribution in [2.45, 2.75) is 45.6 Å². The normalized spacial score (nSPS) is 20.6. The molecule has 2 aliphatic carbocycles. The number of rotatable bonds is 6. The van der Waals surface area contributed by atoms with Gasteiger partial charge in [-0.2, -0.15) is 0 Å². The van der Waals surface area contributed by atoms with E-state index in [-0.39, 0.29) is 24.4 Å². The summed E-state index contributed by atoms with van der Waals surface area (Å²) in [4.78, 5) is 32.6. The number of anilines is 1. The van der Waals surface area contributed by atoms with Crippen molar-refractivity contribution < 1.29 is 14.3 Å². The molecule has 142 valence electrons. The largest absolute Gasteiger partial charge is 0.455 e. The van der Waals surface area contributed by atoms with Gasteiger partial charge in [0, 0.05) is 4.88 Å². The zero-order valence-corrected chi connectivity index (χ0v) is 16.3. The molecular formula is C21H24N2O3S. The second-order valence-corrected chi connectivity index (χ2v) is 8.53. The Bertz CT molecular complexity index is 810. The highest BCUT2D eigenvalue weighted by Crippen LogP contribution is 2.38. The molecule has 0 unspecified atom stereocenters. The summed E-state index contributed by atoms with van der Waals surface area (Å²) >= 11 is 1.60. The first-order chi connectivity index (χ1) is 13.1. The van der Waals surface area contributed by atoms with Crippen molar-refractivity contribution in [3.8, 4) is 0 Å².